The third-order valence-corrected chi connectivity index (χ3v) is 7.90. The van der Waals surface area contributed by atoms with Crippen LogP contribution in [0.5, 0.6) is 0 Å². The summed E-state index contributed by atoms with van der Waals surface area (Å²) in [5.41, 5.74) is 7.83. The maximum atomic E-state index is 13.8. The Morgan fingerprint density at radius 3 is 1.67 bits per heavy atom. The van der Waals surface area contributed by atoms with Crippen molar-refractivity contribution in [3.63, 3.8) is 0 Å². The first-order chi connectivity index (χ1) is 17.3. The lowest BCUT2D eigenvalue weighted by atomic mass is 9.85. The van der Waals surface area contributed by atoms with E-state index in [2.05, 4.69) is 74.5 Å². The molecule has 1 saturated heterocycles. The first kappa shape index (κ1) is 22.4. The molecule has 178 valence electrons. The molecule has 1 aliphatic heterocycles. The summed E-state index contributed by atoms with van der Waals surface area (Å²) in [5, 5.41) is 0. The fraction of sp³-hybridized carbons (Fsp3) is 0.219. The Morgan fingerprint density at radius 1 is 0.694 bits per heavy atom. The summed E-state index contributed by atoms with van der Waals surface area (Å²) in [4.78, 5) is 40.7. The summed E-state index contributed by atoms with van der Waals surface area (Å²) < 4.78 is 0. The van der Waals surface area contributed by atoms with Gasteiger partial charge in [-0.2, -0.15) is 0 Å². The molecule has 0 N–H and O–H groups in total. The van der Waals surface area contributed by atoms with Crippen LogP contribution < -0.4 is 4.90 Å². The molecule has 4 atom stereocenters. The molecular formula is C32H27NO3. The normalized spacial score (nSPS) is 24.0. The van der Waals surface area contributed by atoms with Crippen LogP contribution >= 0.6 is 0 Å². The molecule has 6 rings (SSSR count). The Bertz CT molecular complexity index is 1400. The van der Waals surface area contributed by atoms with Gasteiger partial charge in [0.25, 0.3) is 0 Å². The van der Waals surface area contributed by atoms with Crippen LogP contribution in [0.1, 0.15) is 39.5 Å². The number of carbonyl (C=O) groups is 3. The number of hydrogen-bond acceptors (Lipinski definition) is 3. The molecule has 2 fully saturated rings. The number of anilines is 1. The van der Waals surface area contributed by atoms with Crippen molar-refractivity contribution in [2.45, 2.75) is 20.8 Å². The summed E-state index contributed by atoms with van der Waals surface area (Å²) >= 11 is 0. The third kappa shape index (κ3) is 3.32. The van der Waals surface area contributed by atoms with Gasteiger partial charge in [-0.3, -0.25) is 14.4 Å². The van der Waals surface area contributed by atoms with E-state index in [0.717, 1.165) is 22.3 Å². The van der Waals surface area contributed by atoms with Crippen molar-refractivity contribution < 1.29 is 14.4 Å². The summed E-state index contributed by atoms with van der Waals surface area (Å²) in [6.07, 6.45) is 4.23. The van der Waals surface area contributed by atoms with E-state index in [1.807, 2.05) is 0 Å². The van der Waals surface area contributed by atoms with Crippen LogP contribution in [0, 0.1) is 37.5 Å². The number of aryl methyl sites for hydroxylation is 2. The second-order valence-corrected chi connectivity index (χ2v) is 10.2. The van der Waals surface area contributed by atoms with E-state index in [1.165, 1.54) is 23.0 Å². The van der Waals surface area contributed by atoms with Crippen LogP contribution in [0.2, 0.25) is 0 Å². The number of benzene rings is 3. The van der Waals surface area contributed by atoms with Crippen LogP contribution in [0.4, 0.5) is 5.69 Å². The van der Waals surface area contributed by atoms with Crippen molar-refractivity contribution in [3.05, 3.63) is 118 Å². The minimum atomic E-state index is -0.422. The zero-order chi connectivity index (χ0) is 25.1. The van der Waals surface area contributed by atoms with E-state index in [1.54, 1.807) is 24.3 Å². The molecule has 0 aromatic heterocycles. The van der Waals surface area contributed by atoms with Crippen LogP contribution in [-0.2, 0) is 9.59 Å². The topological polar surface area (TPSA) is 54.5 Å². The van der Waals surface area contributed by atoms with Gasteiger partial charge in [-0.15, -0.1) is 0 Å². The van der Waals surface area contributed by atoms with Gasteiger partial charge < -0.3 is 0 Å². The van der Waals surface area contributed by atoms with E-state index in [4.69, 9.17) is 0 Å². The van der Waals surface area contributed by atoms with E-state index in [0.29, 0.717) is 11.3 Å². The molecule has 1 saturated carbocycles. The Balaban J connectivity index is 1.47. The maximum Gasteiger partial charge on any atom is 0.238 e. The second kappa shape index (κ2) is 8.27. The summed E-state index contributed by atoms with van der Waals surface area (Å²) in [7, 11) is 0. The molecule has 36 heavy (non-hydrogen) atoms. The Labute approximate surface area is 211 Å². The Morgan fingerprint density at radius 2 is 1.19 bits per heavy atom. The van der Waals surface area contributed by atoms with Crippen molar-refractivity contribution in [2.75, 3.05) is 4.90 Å². The van der Waals surface area contributed by atoms with Crippen molar-refractivity contribution in [1.82, 2.24) is 0 Å². The molecule has 3 aromatic carbocycles. The van der Waals surface area contributed by atoms with Gasteiger partial charge in [-0.05, 0) is 55.2 Å². The van der Waals surface area contributed by atoms with Gasteiger partial charge in [0.05, 0.1) is 17.5 Å². The van der Waals surface area contributed by atoms with Gasteiger partial charge >= 0.3 is 0 Å². The third-order valence-electron chi connectivity index (χ3n) is 7.90. The number of ketones is 1. The molecule has 2 aliphatic carbocycles. The number of hydrogen-bond donors (Lipinski definition) is 0. The highest BCUT2D eigenvalue weighted by Gasteiger charge is 2.62. The fourth-order valence-corrected chi connectivity index (χ4v) is 6.16. The highest BCUT2D eigenvalue weighted by atomic mass is 16.2. The highest BCUT2D eigenvalue weighted by molar-refractivity contribution is 6.23. The number of Topliss-reactive ketones (excluding diaryl/α,β-unsaturated/α-hetero) is 1. The fourth-order valence-electron chi connectivity index (χ4n) is 6.16. The molecule has 1 heterocycles. The lowest BCUT2D eigenvalue weighted by molar-refractivity contribution is -0.122. The zero-order valence-electron chi connectivity index (χ0n) is 20.6. The lowest BCUT2D eigenvalue weighted by Crippen LogP contribution is -2.33. The average Bonchev–Trinajstić information content (AvgIpc) is 3.50. The predicted molar refractivity (Wildman–Crippen MR) is 140 cm³/mol. The van der Waals surface area contributed by atoms with Gasteiger partial charge in [0.15, 0.2) is 5.78 Å². The minimum Gasteiger partial charge on any atom is -0.295 e. The monoisotopic (exact) mass is 473 g/mol. The predicted octanol–water partition coefficient (Wildman–Crippen LogP) is 5.93. The number of fused-ring (bicyclic) bond motifs is 5. The summed E-state index contributed by atoms with van der Waals surface area (Å²) in [6, 6.07) is 23.8. The number of allylic oxidation sites excluding steroid dienone is 3. The first-order valence-electron chi connectivity index (χ1n) is 12.4. The van der Waals surface area contributed by atoms with Crippen molar-refractivity contribution in [2.24, 2.45) is 23.7 Å². The first-order valence-corrected chi connectivity index (χ1v) is 12.4. The molecule has 4 nitrogen and oxygen atoms in total. The van der Waals surface area contributed by atoms with E-state index < -0.39 is 11.8 Å². The van der Waals surface area contributed by atoms with Gasteiger partial charge in [0, 0.05) is 17.4 Å². The van der Waals surface area contributed by atoms with Crippen molar-refractivity contribution in [1.29, 1.82) is 0 Å². The SMILES string of the molecule is CC(=O)c1cccc(N2C(=O)C3C4C=CC(C4=C(c4ccc(C)cc4)c4ccc(C)cc4)C3C2=O)c1. The molecule has 3 aliphatic rings. The van der Waals surface area contributed by atoms with Crippen LogP contribution in [-0.4, -0.2) is 17.6 Å². The number of nitrogens with zero attached hydrogens (tertiary/aromatic N) is 1. The minimum absolute atomic E-state index is 0.0936. The smallest absolute Gasteiger partial charge is 0.238 e. The largest absolute Gasteiger partial charge is 0.295 e. The summed E-state index contributed by atoms with van der Waals surface area (Å²) in [6.45, 7) is 5.63. The van der Waals surface area contributed by atoms with Gasteiger partial charge in [0.2, 0.25) is 11.8 Å². The number of rotatable bonds is 4. The van der Waals surface area contributed by atoms with E-state index >= 15 is 0 Å². The molecule has 3 aromatic rings. The van der Waals surface area contributed by atoms with Gasteiger partial charge in [-0.25, -0.2) is 4.90 Å². The van der Waals surface area contributed by atoms with Crippen molar-refractivity contribution >= 4 is 28.9 Å². The standard InChI is InChI=1S/C32H27NO3/c1-18-7-11-21(12-8-18)27(22-13-9-19(2)10-14-22)28-25-15-16-26(28)30-29(25)31(35)33(32(30)36)24-6-4-5-23(17-24)20(3)34/h4-17,25-26,29-30H,1-3H3. The molecule has 2 bridgehead atoms. The van der Waals surface area contributed by atoms with Crippen LogP contribution in [0.15, 0.2) is 90.5 Å². The Kier molecular flexibility index (Phi) is 5.15. The molecule has 0 spiro atoms. The van der Waals surface area contributed by atoms with Crippen LogP contribution in [0.3, 0.4) is 0 Å². The average molecular weight is 474 g/mol. The zero-order valence-corrected chi connectivity index (χ0v) is 20.6. The highest BCUT2D eigenvalue weighted by Crippen LogP contribution is 2.58. The molecule has 0 radical (unpaired) electrons. The number of imide groups is 1. The van der Waals surface area contributed by atoms with E-state index in [-0.39, 0.29) is 29.4 Å². The molecule has 4 unspecified atom stereocenters. The van der Waals surface area contributed by atoms with E-state index in [9.17, 15) is 14.4 Å². The van der Waals surface area contributed by atoms with Crippen LogP contribution in [0.25, 0.3) is 5.57 Å². The molecule has 2 amide bonds. The van der Waals surface area contributed by atoms with Crippen molar-refractivity contribution in [3.8, 4) is 0 Å². The quantitative estimate of drug-likeness (QED) is 0.268. The lowest BCUT2D eigenvalue weighted by Gasteiger charge is -2.22. The summed E-state index contributed by atoms with van der Waals surface area (Å²) in [5.74, 6) is -1.54. The van der Waals surface area contributed by atoms with Gasteiger partial charge in [-0.1, -0.05) is 83.9 Å². The van der Waals surface area contributed by atoms with Gasteiger partial charge in [0.1, 0.15) is 0 Å². The second-order valence-electron chi connectivity index (χ2n) is 10.2. The number of carbonyl (C=O) groups excluding carboxylic acids is 3. The molecular weight excluding hydrogens is 446 g/mol. The Hall–Kier alpha value is -4.05. The maximum absolute atomic E-state index is 13.8. The molecule has 4 heteroatoms. The number of amides is 2.